The van der Waals surface area contributed by atoms with Crippen LogP contribution in [-0.2, 0) is 22.6 Å². The van der Waals surface area contributed by atoms with E-state index >= 15 is 0 Å². The Morgan fingerprint density at radius 1 is 0.885 bits per heavy atom. The number of ether oxygens (including phenoxy) is 1. The van der Waals surface area contributed by atoms with Gasteiger partial charge in [0.15, 0.2) is 0 Å². The predicted molar refractivity (Wildman–Crippen MR) is 102 cm³/mol. The SMILES string of the molecule is Cc1nc2ccccc2nc1COC(=O)Cc1cccc2ccccc12. The minimum absolute atomic E-state index is 0.132. The van der Waals surface area contributed by atoms with Crippen molar-refractivity contribution in [3.05, 3.63) is 83.7 Å². The van der Waals surface area contributed by atoms with Crippen LogP contribution >= 0.6 is 0 Å². The molecule has 1 aromatic heterocycles. The van der Waals surface area contributed by atoms with Crippen molar-refractivity contribution in [2.45, 2.75) is 20.0 Å². The first-order valence-corrected chi connectivity index (χ1v) is 8.55. The predicted octanol–water partition coefficient (Wildman–Crippen LogP) is 4.38. The van der Waals surface area contributed by atoms with Crippen LogP contribution in [0.4, 0.5) is 0 Å². The van der Waals surface area contributed by atoms with Gasteiger partial charge in [0.25, 0.3) is 0 Å². The molecule has 4 heteroatoms. The van der Waals surface area contributed by atoms with Crippen LogP contribution in [-0.4, -0.2) is 15.9 Å². The Labute approximate surface area is 151 Å². The molecule has 0 atom stereocenters. The number of hydrogen-bond acceptors (Lipinski definition) is 4. The maximum atomic E-state index is 12.3. The molecule has 0 aliphatic rings. The van der Waals surface area contributed by atoms with E-state index in [2.05, 4.69) is 9.97 Å². The van der Waals surface area contributed by atoms with Gasteiger partial charge in [0.2, 0.25) is 0 Å². The number of rotatable bonds is 4. The largest absolute Gasteiger partial charge is 0.459 e. The lowest BCUT2D eigenvalue weighted by Crippen LogP contribution is -2.10. The van der Waals surface area contributed by atoms with Crippen LogP contribution in [0.2, 0.25) is 0 Å². The number of esters is 1. The van der Waals surface area contributed by atoms with Crippen molar-refractivity contribution in [2.75, 3.05) is 0 Å². The van der Waals surface area contributed by atoms with Crippen LogP contribution in [0.3, 0.4) is 0 Å². The first-order chi connectivity index (χ1) is 12.7. The number of aromatic nitrogens is 2. The Hall–Kier alpha value is -3.27. The number of nitrogens with zero attached hydrogens (tertiary/aromatic N) is 2. The van der Waals surface area contributed by atoms with E-state index in [0.29, 0.717) is 5.69 Å². The van der Waals surface area contributed by atoms with Crippen LogP contribution in [0.1, 0.15) is 17.0 Å². The van der Waals surface area contributed by atoms with Crippen LogP contribution in [0.15, 0.2) is 66.7 Å². The fraction of sp³-hybridized carbons (Fsp3) is 0.136. The number of carbonyl (C=O) groups excluding carboxylic acids is 1. The Bertz CT molecular complexity index is 1100. The topological polar surface area (TPSA) is 52.1 Å². The molecular weight excluding hydrogens is 324 g/mol. The van der Waals surface area contributed by atoms with E-state index in [-0.39, 0.29) is 19.0 Å². The molecule has 0 bridgehead atoms. The molecule has 0 amide bonds. The van der Waals surface area contributed by atoms with Gasteiger partial charge in [0.1, 0.15) is 6.61 Å². The van der Waals surface area contributed by atoms with Crippen molar-refractivity contribution in [3.63, 3.8) is 0 Å². The summed E-state index contributed by atoms with van der Waals surface area (Å²) in [5.41, 5.74) is 4.08. The number of benzene rings is 3. The van der Waals surface area contributed by atoms with Crippen molar-refractivity contribution in [1.29, 1.82) is 0 Å². The zero-order valence-corrected chi connectivity index (χ0v) is 14.5. The highest BCUT2D eigenvalue weighted by Crippen LogP contribution is 2.19. The van der Waals surface area contributed by atoms with Crippen molar-refractivity contribution in [1.82, 2.24) is 9.97 Å². The highest BCUT2D eigenvalue weighted by Gasteiger charge is 2.11. The van der Waals surface area contributed by atoms with Gasteiger partial charge in [-0.1, -0.05) is 54.6 Å². The number of para-hydroxylation sites is 2. The molecule has 0 unspecified atom stereocenters. The number of fused-ring (bicyclic) bond motifs is 2. The summed E-state index contributed by atoms with van der Waals surface area (Å²) in [5, 5.41) is 2.20. The van der Waals surface area contributed by atoms with Gasteiger partial charge in [-0.05, 0) is 35.4 Å². The second-order valence-corrected chi connectivity index (χ2v) is 6.22. The van der Waals surface area contributed by atoms with Crippen molar-refractivity contribution >= 4 is 27.8 Å². The monoisotopic (exact) mass is 342 g/mol. The van der Waals surface area contributed by atoms with Crippen molar-refractivity contribution < 1.29 is 9.53 Å². The molecular formula is C22H18N2O2. The van der Waals surface area contributed by atoms with Gasteiger partial charge >= 0.3 is 5.97 Å². The summed E-state index contributed by atoms with van der Waals surface area (Å²) < 4.78 is 5.47. The highest BCUT2D eigenvalue weighted by molar-refractivity contribution is 5.89. The maximum Gasteiger partial charge on any atom is 0.310 e. The van der Waals surface area contributed by atoms with Gasteiger partial charge in [-0.15, -0.1) is 0 Å². The van der Waals surface area contributed by atoms with Gasteiger partial charge in [-0.3, -0.25) is 4.79 Å². The molecule has 1 heterocycles. The smallest absolute Gasteiger partial charge is 0.310 e. The summed E-state index contributed by atoms with van der Waals surface area (Å²) in [7, 11) is 0. The van der Waals surface area contributed by atoms with Gasteiger partial charge in [-0.25, -0.2) is 9.97 Å². The molecule has 0 saturated heterocycles. The van der Waals surface area contributed by atoms with Gasteiger partial charge in [0.05, 0.1) is 28.8 Å². The molecule has 0 radical (unpaired) electrons. The molecule has 128 valence electrons. The van der Waals surface area contributed by atoms with Gasteiger partial charge in [-0.2, -0.15) is 0 Å². The standard InChI is InChI=1S/C22H18N2O2/c1-15-21(24-20-12-5-4-11-19(20)23-15)14-26-22(25)13-17-9-6-8-16-7-2-3-10-18(16)17/h2-12H,13-14H2,1H3. The van der Waals surface area contributed by atoms with E-state index < -0.39 is 0 Å². The summed E-state index contributed by atoms with van der Waals surface area (Å²) >= 11 is 0. The third-order valence-corrected chi connectivity index (χ3v) is 4.43. The number of aryl methyl sites for hydroxylation is 1. The van der Waals surface area contributed by atoms with Crippen LogP contribution in [0.25, 0.3) is 21.8 Å². The first kappa shape index (κ1) is 16.2. The lowest BCUT2D eigenvalue weighted by Gasteiger charge is -2.09. The van der Waals surface area contributed by atoms with Crippen molar-refractivity contribution in [3.8, 4) is 0 Å². The summed E-state index contributed by atoms with van der Waals surface area (Å²) in [6.45, 7) is 2.01. The van der Waals surface area contributed by atoms with E-state index in [4.69, 9.17) is 4.74 Å². The van der Waals surface area contributed by atoms with Crippen LogP contribution in [0.5, 0.6) is 0 Å². The lowest BCUT2D eigenvalue weighted by atomic mass is 10.0. The Kier molecular flexibility index (Phi) is 4.32. The second-order valence-electron chi connectivity index (χ2n) is 6.22. The minimum atomic E-state index is -0.268. The summed E-state index contributed by atoms with van der Waals surface area (Å²) in [5.74, 6) is -0.268. The van der Waals surface area contributed by atoms with Gasteiger partial charge < -0.3 is 4.74 Å². The minimum Gasteiger partial charge on any atom is -0.459 e. The molecule has 4 rings (SSSR count). The fourth-order valence-electron chi connectivity index (χ4n) is 3.06. The number of carbonyl (C=O) groups is 1. The molecule has 0 aliphatic carbocycles. The Balaban J connectivity index is 1.49. The van der Waals surface area contributed by atoms with E-state index in [1.54, 1.807) is 0 Å². The number of hydrogen-bond donors (Lipinski definition) is 0. The normalized spacial score (nSPS) is 11.0. The maximum absolute atomic E-state index is 12.3. The molecule has 3 aromatic carbocycles. The lowest BCUT2D eigenvalue weighted by molar-refractivity contribution is -0.144. The van der Waals surface area contributed by atoms with E-state index in [9.17, 15) is 4.79 Å². The molecule has 0 spiro atoms. The van der Waals surface area contributed by atoms with Crippen LogP contribution < -0.4 is 0 Å². The zero-order chi connectivity index (χ0) is 17.9. The zero-order valence-electron chi connectivity index (χ0n) is 14.5. The molecule has 0 aliphatic heterocycles. The van der Waals surface area contributed by atoms with Gasteiger partial charge in [0, 0.05) is 0 Å². The fourth-order valence-corrected chi connectivity index (χ4v) is 3.06. The Morgan fingerprint density at radius 3 is 2.42 bits per heavy atom. The molecule has 26 heavy (non-hydrogen) atoms. The highest BCUT2D eigenvalue weighted by atomic mass is 16.5. The van der Waals surface area contributed by atoms with E-state index in [0.717, 1.165) is 33.1 Å². The average molecular weight is 342 g/mol. The molecule has 0 fully saturated rings. The first-order valence-electron chi connectivity index (χ1n) is 8.55. The van der Waals surface area contributed by atoms with Crippen molar-refractivity contribution in [2.24, 2.45) is 0 Å². The summed E-state index contributed by atoms with van der Waals surface area (Å²) in [6, 6.07) is 21.7. The van der Waals surface area contributed by atoms with E-state index in [1.165, 1.54) is 0 Å². The Morgan fingerprint density at radius 2 is 1.58 bits per heavy atom. The molecule has 4 aromatic rings. The summed E-state index contributed by atoms with van der Waals surface area (Å²) in [4.78, 5) is 21.4. The molecule has 4 nitrogen and oxygen atoms in total. The quantitative estimate of drug-likeness (QED) is 0.517. The molecule has 0 saturated carbocycles. The summed E-state index contributed by atoms with van der Waals surface area (Å²) in [6.07, 6.45) is 0.238. The molecule has 0 N–H and O–H groups in total. The third kappa shape index (κ3) is 3.26. The van der Waals surface area contributed by atoms with E-state index in [1.807, 2.05) is 73.7 Å². The van der Waals surface area contributed by atoms with Crippen LogP contribution in [0, 0.1) is 6.92 Å². The second kappa shape index (κ2) is 6.92. The average Bonchev–Trinajstić information content (AvgIpc) is 2.66. The third-order valence-electron chi connectivity index (χ3n) is 4.43.